The van der Waals surface area contributed by atoms with Gasteiger partial charge in [0.1, 0.15) is 0 Å². The molecule has 0 radical (unpaired) electrons. The van der Waals surface area contributed by atoms with Crippen molar-refractivity contribution in [2.75, 3.05) is 33.4 Å². The molecule has 0 saturated heterocycles. The predicted molar refractivity (Wildman–Crippen MR) is 47.2 cm³/mol. The van der Waals surface area contributed by atoms with E-state index in [1.165, 1.54) is 0 Å². The zero-order valence-electron chi connectivity index (χ0n) is 7.65. The largest absolute Gasteiger partial charge is 1.00 e. The van der Waals surface area contributed by atoms with Gasteiger partial charge in [-0.25, -0.2) is 0 Å². The van der Waals surface area contributed by atoms with Gasteiger partial charge in [-0.3, -0.25) is 8.42 Å². The van der Waals surface area contributed by atoms with Gasteiger partial charge in [-0.15, -0.1) is 0 Å². The summed E-state index contributed by atoms with van der Waals surface area (Å²) < 4.78 is 35.1. The molecule has 0 unspecified atom stereocenters. The minimum absolute atomic E-state index is 0. The van der Waals surface area contributed by atoms with Crippen molar-refractivity contribution >= 4 is 23.0 Å². The van der Waals surface area contributed by atoms with Gasteiger partial charge in [0, 0.05) is 16.2 Å². The van der Waals surface area contributed by atoms with Crippen molar-refractivity contribution in [1.29, 1.82) is 0 Å². The van der Waals surface area contributed by atoms with Crippen LogP contribution in [0, 0.1) is 0 Å². The predicted octanol–water partition coefficient (Wildman–Crippen LogP) is -0.718. The van der Waals surface area contributed by atoms with Crippen LogP contribution in [-0.4, -0.2) is 55.4 Å². The molecular formula is C5H14CuNO4S2. The van der Waals surface area contributed by atoms with E-state index in [1.54, 1.807) is 0 Å². The topological polar surface area (TPSA) is 80.3 Å². The Bertz CT molecular complexity index is 191. The van der Waals surface area contributed by atoms with E-state index >= 15 is 0 Å². The minimum Gasteiger partial charge on any atom is -0.759 e. The zero-order valence-corrected chi connectivity index (χ0v) is 10.3. The van der Waals surface area contributed by atoms with Crippen molar-refractivity contribution in [1.82, 2.24) is 0 Å². The SMILES string of the molecule is C[N+](C)(C)CCS.O=S(=O)([O-])[O-].[Cu+]. The smallest absolute Gasteiger partial charge is 0.759 e. The molecule has 0 heterocycles. The van der Waals surface area contributed by atoms with E-state index in [0.29, 0.717) is 0 Å². The summed E-state index contributed by atoms with van der Waals surface area (Å²) in [4.78, 5) is 0. The third kappa shape index (κ3) is 65.8. The van der Waals surface area contributed by atoms with E-state index < -0.39 is 10.4 Å². The van der Waals surface area contributed by atoms with Gasteiger partial charge in [-0.2, -0.15) is 12.6 Å². The molecule has 0 aromatic carbocycles. The Labute approximate surface area is 95.6 Å². The Balaban J connectivity index is -0.000000150. The number of nitrogens with zero attached hydrogens (tertiary/aromatic N) is 1. The van der Waals surface area contributed by atoms with Crippen LogP contribution in [0.1, 0.15) is 0 Å². The van der Waals surface area contributed by atoms with Crippen LogP contribution in [0.2, 0.25) is 0 Å². The average molecular weight is 280 g/mol. The fourth-order valence-electron chi connectivity index (χ4n) is 0.300. The first-order chi connectivity index (χ1) is 5.06. The molecule has 0 aromatic heterocycles. The van der Waals surface area contributed by atoms with Crippen molar-refractivity contribution in [2.45, 2.75) is 0 Å². The van der Waals surface area contributed by atoms with E-state index in [0.717, 1.165) is 16.8 Å². The molecule has 86 valence electrons. The maximum Gasteiger partial charge on any atom is 1.00 e. The van der Waals surface area contributed by atoms with Gasteiger partial charge >= 0.3 is 17.1 Å². The van der Waals surface area contributed by atoms with Crippen LogP contribution >= 0.6 is 12.6 Å². The molecule has 0 amide bonds. The summed E-state index contributed by atoms with van der Waals surface area (Å²) in [7, 11) is 1.32. The number of thiol groups is 1. The fourth-order valence-corrected chi connectivity index (χ4v) is 0.900. The van der Waals surface area contributed by atoms with Gasteiger partial charge in [0.05, 0.1) is 27.7 Å². The molecule has 13 heavy (non-hydrogen) atoms. The third-order valence-corrected chi connectivity index (χ3v) is 0.971. The van der Waals surface area contributed by atoms with E-state index in [4.69, 9.17) is 17.5 Å². The van der Waals surface area contributed by atoms with Gasteiger partial charge in [0.2, 0.25) is 0 Å². The molecule has 0 atom stereocenters. The summed E-state index contributed by atoms with van der Waals surface area (Å²) in [5.74, 6) is 0.976. The van der Waals surface area contributed by atoms with E-state index in [1.807, 2.05) is 0 Å². The molecule has 0 aliphatic heterocycles. The van der Waals surface area contributed by atoms with Crippen molar-refractivity contribution < 1.29 is 39.1 Å². The number of hydrogen-bond donors (Lipinski definition) is 1. The van der Waals surface area contributed by atoms with Gasteiger partial charge in [0.15, 0.2) is 0 Å². The Morgan fingerprint density at radius 3 is 1.46 bits per heavy atom. The number of hydrogen-bond acceptors (Lipinski definition) is 5. The summed E-state index contributed by atoms with van der Waals surface area (Å²) in [6.45, 7) is 1.14. The Kier molecular flexibility index (Phi) is 11.9. The van der Waals surface area contributed by atoms with E-state index in [9.17, 15) is 0 Å². The first-order valence-electron chi connectivity index (χ1n) is 3.14. The molecule has 0 fully saturated rings. The molecule has 0 aliphatic carbocycles. The molecular weight excluding hydrogens is 266 g/mol. The monoisotopic (exact) mass is 279 g/mol. The first-order valence-corrected chi connectivity index (χ1v) is 5.11. The Hall–Kier alpha value is 0.699. The molecule has 0 aromatic rings. The van der Waals surface area contributed by atoms with Crippen LogP contribution in [0.15, 0.2) is 0 Å². The zero-order chi connectivity index (χ0) is 10.4. The fraction of sp³-hybridized carbons (Fsp3) is 1.00. The summed E-state index contributed by atoms with van der Waals surface area (Å²) in [6, 6.07) is 0. The molecule has 0 N–H and O–H groups in total. The quantitative estimate of drug-likeness (QED) is 0.238. The number of rotatable bonds is 2. The summed E-state index contributed by atoms with van der Waals surface area (Å²) in [5.41, 5.74) is 0. The molecule has 0 rings (SSSR count). The summed E-state index contributed by atoms with van der Waals surface area (Å²) in [5, 5.41) is 0. The average Bonchev–Trinajstić information content (AvgIpc) is 1.54. The van der Waals surface area contributed by atoms with Gasteiger partial charge in [-0.05, 0) is 0 Å². The Morgan fingerprint density at radius 2 is 1.46 bits per heavy atom. The van der Waals surface area contributed by atoms with E-state index in [-0.39, 0.29) is 17.1 Å². The standard InChI is InChI=1S/C5H13NS.Cu.H2O4S/c1-6(2,3)4-5-7;;1-5(2,3)4/h4-5H2,1-3H3;;(H2,1,2,3,4)/q;+1;/p-1. The van der Waals surface area contributed by atoms with Gasteiger partial charge < -0.3 is 13.6 Å². The second-order valence-electron chi connectivity index (χ2n) is 3.15. The van der Waals surface area contributed by atoms with E-state index in [2.05, 4.69) is 33.8 Å². The Morgan fingerprint density at radius 1 is 1.23 bits per heavy atom. The third-order valence-electron chi connectivity index (χ3n) is 0.771. The van der Waals surface area contributed by atoms with Gasteiger partial charge in [-0.1, -0.05) is 0 Å². The van der Waals surface area contributed by atoms with Crippen molar-refractivity contribution in [3.8, 4) is 0 Å². The van der Waals surface area contributed by atoms with Crippen LogP contribution in [0.4, 0.5) is 0 Å². The molecule has 0 spiro atoms. The van der Waals surface area contributed by atoms with Crippen molar-refractivity contribution in [3.05, 3.63) is 0 Å². The van der Waals surface area contributed by atoms with Crippen molar-refractivity contribution in [3.63, 3.8) is 0 Å². The molecule has 0 aliphatic rings. The van der Waals surface area contributed by atoms with Crippen LogP contribution in [0.5, 0.6) is 0 Å². The molecule has 0 saturated carbocycles. The second kappa shape index (κ2) is 8.04. The first kappa shape index (κ1) is 19.3. The molecule has 5 nitrogen and oxygen atoms in total. The maximum absolute atomic E-state index is 8.52. The van der Waals surface area contributed by atoms with Gasteiger partial charge in [0.25, 0.3) is 0 Å². The normalized spacial score (nSPS) is 10.9. The second-order valence-corrected chi connectivity index (χ2v) is 4.41. The van der Waals surface area contributed by atoms with Crippen LogP contribution in [0.25, 0.3) is 0 Å². The van der Waals surface area contributed by atoms with Crippen LogP contribution in [0.3, 0.4) is 0 Å². The number of quaternary nitrogens is 1. The van der Waals surface area contributed by atoms with Crippen molar-refractivity contribution in [2.24, 2.45) is 0 Å². The summed E-state index contributed by atoms with van der Waals surface area (Å²) in [6.07, 6.45) is 0. The maximum atomic E-state index is 8.52. The summed E-state index contributed by atoms with van der Waals surface area (Å²) >= 11 is 4.10. The minimum atomic E-state index is -5.17. The molecule has 8 heteroatoms. The van der Waals surface area contributed by atoms with Crippen LogP contribution in [-0.2, 0) is 27.5 Å². The molecule has 0 bridgehead atoms. The van der Waals surface area contributed by atoms with Crippen LogP contribution < -0.4 is 0 Å².